The van der Waals surface area contributed by atoms with Crippen LogP contribution in [0.15, 0.2) is 48.5 Å². The standard InChI is InChI=1S/C15H15N/c1-5-14-6-2-12(1)9-13-3-7-15(8-4-13)11-16-10-14/h1-8,16H,9-11H2. The van der Waals surface area contributed by atoms with E-state index in [1.807, 2.05) is 0 Å². The van der Waals surface area contributed by atoms with E-state index in [4.69, 9.17) is 0 Å². The zero-order valence-electron chi connectivity index (χ0n) is 9.24. The summed E-state index contributed by atoms with van der Waals surface area (Å²) in [6.07, 6.45) is 1.04. The lowest BCUT2D eigenvalue weighted by atomic mass is 10.0. The molecule has 6 rings (SSSR count). The molecule has 1 heteroatoms. The van der Waals surface area contributed by atoms with Crippen LogP contribution in [0.5, 0.6) is 0 Å². The first-order valence-corrected chi connectivity index (χ1v) is 5.76. The van der Waals surface area contributed by atoms with Crippen molar-refractivity contribution in [2.24, 2.45) is 0 Å². The summed E-state index contributed by atoms with van der Waals surface area (Å²) in [6.45, 7) is 1.89. The number of benzene rings is 2. The van der Waals surface area contributed by atoms with Gasteiger partial charge in [0.1, 0.15) is 0 Å². The largest absolute Gasteiger partial charge is 0.309 e. The molecule has 0 atom stereocenters. The van der Waals surface area contributed by atoms with Gasteiger partial charge in [-0.05, 0) is 28.7 Å². The number of hydrogen-bond donors (Lipinski definition) is 1. The molecule has 0 amide bonds. The van der Waals surface area contributed by atoms with Gasteiger partial charge in [-0.15, -0.1) is 0 Å². The molecular weight excluding hydrogens is 194 g/mol. The van der Waals surface area contributed by atoms with Gasteiger partial charge in [0, 0.05) is 13.1 Å². The molecule has 4 aliphatic rings. The van der Waals surface area contributed by atoms with Gasteiger partial charge >= 0.3 is 0 Å². The van der Waals surface area contributed by atoms with Crippen LogP contribution in [0.1, 0.15) is 22.3 Å². The molecule has 1 N–H and O–H groups in total. The van der Waals surface area contributed by atoms with E-state index in [-0.39, 0.29) is 0 Å². The second-order valence-corrected chi connectivity index (χ2v) is 4.41. The topological polar surface area (TPSA) is 12.0 Å². The van der Waals surface area contributed by atoms with Gasteiger partial charge in [0.05, 0.1) is 0 Å². The monoisotopic (exact) mass is 209 g/mol. The average molecular weight is 209 g/mol. The van der Waals surface area contributed by atoms with Crippen LogP contribution in [0.3, 0.4) is 0 Å². The van der Waals surface area contributed by atoms with Gasteiger partial charge in [-0.25, -0.2) is 0 Å². The highest BCUT2D eigenvalue weighted by Crippen LogP contribution is 2.13. The third-order valence-electron chi connectivity index (χ3n) is 3.11. The molecule has 4 heterocycles. The minimum absolute atomic E-state index is 0.946. The first kappa shape index (κ1) is 9.61. The van der Waals surface area contributed by atoms with Gasteiger partial charge in [-0.3, -0.25) is 0 Å². The Morgan fingerprint density at radius 1 is 0.562 bits per heavy atom. The number of rotatable bonds is 0. The van der Waals surface area contributed by atoms with E-state index in [0.29, 0.717) is 0 Å². The average Bonchev–Trinajstić information content (AvgIpc) is 2.30. The Kier molecular flexibility index (Phi) is 2.47. The van der Waals surface area contributed by atoms with E-state index in [9.17, 15) is 0 Å². The number of nitrogens with one attached hydrogen (secondary N) is 1. The molecule has 4 bridgehead atoms. The van der Waals surface area contributed by atoms with E-state index < -0.39 is 0 Å². The zero-order chi connectivity index (χ0) is 10.8. The molecule has 0 spiro atoms. The molecule has 0 aromatic heterocycles. The van der Waals surface area contributed by atoms with Crippen molar-refractivity contribution in [3.63, 3.8) is 0 Å². The molecule has 2 aromatic rings. The Labute approximate surface area is 96.1 Å². The van der Waals surface area contributed by atoms with E-state index in [2.05, 4.69) is 53.8 Å². The van der Waals surface area contributed by atoms with Gasteiger partial charge in [0.15, 0.2) is 0 Å². The molecule has 0 fully saturated rings. The quantitative estimate of drug-likeness (QED) is 0.703. The molecule has 1 nitrogen and oxygen atoms in total. The fourth-order valence-electron chi connectivity index (χ4n) is 2.14. The Balaban J connectivity index is 2.01. The lowest BCUT2D eigenvalue weighted by Gasteiger charge is -2.10. The lowest BCUT2D eigenvalue weighted by molar-refractivity contribution is 0.692. The summed E-state index contributed by atoms with van der Waals surface area (Å²) < 4.78 is 0. The predicted octanol–water partition coefficient (Wildman–Crippen LogP) is 2.88. The summed E-state index contributed by atoms with van der Waals surface area (Å²) >= 11 is 0. The summed E-state index contributed by atoms with van der Waals surface area (Å²) in [5.41, 5.74) is 5.49. The predicted molar refractivity (Wildman–Crippen MR) is 66.2 cm³/mol. The second-order valence-electron chi connectivity index (χ2n) is 4.41. The maximum Gasteiger partial charge on any atom is 0.0208 e. The van der Waals surface area contributed by atoms with Crippen LogP contribution < -0.4 is 5.32 Å². The minimum atomic E-state index is 0.946. The zero-order valence-corrected chi connectivity index (χ0v) is 9.24. The second kappa shape index (κ2) is 4.11. The number of hydrogen-bond acceptors (Lipinski definition) is 1. The third kappa shape index (κ3) is 2.00. The smallest absolute Gasteiger partial charge is 0.0208 e. The Hall–Kier alpha value is -1.60. The Morgan fingerprint density at radius 3 is 1.38 bits per heavy atom. The van der Waals surface area contributed by atoms with Crippen LogP contribution in [0.4, 0.5) is 0 Å². The summed E-state index contributed by atoms with van der Waals surface area (Å²) in [4.78, 5) is 0. The molecular formula is C15H15N. The summed E-state index contributed by atoms with van der Waals surface area (Å²) in [5.74, 6) is 0. The molecule has 0 unspecified atom stereocenters. The summed E-state index contributed by atoms with van der Waals surface area (Å²) in [5, 5.41) is 3.46. The Morgan fingerprint density at radius 2 is 0.938 bits per heavy atom. The fraction of sp³-hybridized carbons (Fsp3) is 0.200. The highest BCUT2D eigenvalue weighted by molar-refractivity contribution is 5.31. The van der Waals surface area contributed by atoms with Crippen LogP contribution in [0.25, 0.3) is 0 Å². The van der Waals surface area contributed by atoms with Crippen molar-refractivity contribution >= 4 is 0 Å². The molecule has 16 heavy (non-hydrogen) atoms. The highest BCUT2D eigenvalue weighted by atomic mass is 14.8. The first-order valence-electron chi connectivity index (χ1n) is 5.76. The fourth-order valence-corrected chi connectivity index (χ4v) is 2.14. The third-order valence-corrected chi connectivity index (χ3v) is 3.11. The molecule has 0 saturated heterocycles. The molecule has 0 radical (unpaired) electrons. The van der Waals surface area contributed by atoms with Gasteiger partial charge in [0.2, 0.25) is 0 Å². The van der Waals surface area contributed by atoms with Gasteiger partial charge in [-0.2, -0.15) is 0 Å². The van der Waals surface area contributed by atoms with Crippen molar-refractivity contribution in [2.45, 2.75) is 19.5 Å². The summed E-state index contributed by atoms with van der Waals surface area (Å²) in [6, 6.07) is 17.8. The van der Waals surface area contributed by atoms with E-state index in [1.54, 1.807) is 0 Å². The first-order chi connectivity index (χ1) is 7.90. The van der Waals surface area contributed by atoms with Crippen LogP contribution in [-0.4, -0.2) is 0 Å². The Bertz CT molecular complexity index is 422. The minimum Gasteiger partial charge on any atom is -0.309 e. The lowest BCUT2D eigenvalue weighted by Crippen LogP contribution is -2.13. The normalized spacial score (nSPS) is 14.5. The molecule has 2 aromatic carbocycles. The maximum atomic E-state index is 3.46. The van der Waals surface area contributed by atoms with Crippen LogP contribution in [0, 0.1) is 0 Å². The van der Waals surface area contributed by atoms with Gasteiger partial charge in [-0.1, -0.05) is 48.5 Å². The van der Waals surface area contributed by atoms with Gasteiger partial charge in [0.25, 0.3) is 0 Å². The van der Waals surface area contributed by atoms with Crippen LogP contribution in [-0.2, 0) is 19.5 Å². The highest BCUT2D eigenvalue weighted by Gasteiger charge is 2.01. The van der Waals surface area contributed by atoms with Gasteiger partial charge < -0.3 is 5.32 Å². The van der Waals surface area contributed by atoms with Crippen molar-refractivity contribution in [1.29, 1.82) is 0 Å². The molecule has 4 aliphatic heterocycles. The van der Waals surface area contributed by atoms with E-state index >= 15 is 0 Å². The van der Waals surface area contributed by atoms with Crippen LogP contribution >= 0.6 is 0 Å². The SMILES string of the molecule is c1cc2ccc1CNCc1ccc(cc1)C2. The molecule has 0 saturated carbocycles. The van der Waals surface area contributed by atoms with E-state index in [1.165, 1.54) is 22.3 Å². The van der Waals surface area contributed by atoms with Crippen molar-refractivity contribution in [3.8, 4) is 0 Å². The maximum absolute atomic E-state index is 3.46. The van der Waals surface area contributed by atoms with Crippen molar-refractivity contribution in [1.82, 2.24) is 5.32 Å². The summed E-state index contributed by atoms with van der Waals surface area (Å²) in [7, 11) is 0. The van der Waals surface area contributed by atoms with Crippen molar-refractivity contribution in [2.75, 3.05) is 0 Å². The van der Waals surface area contributed by atoms with Crippen molar-refractivity contribution < 1.29 is 0 Å². The molecule has 0 aliphatic carbocycles. The van der Waals surface area contributed by atoms with Crippen LogP contribution in [0.2, 0.25) is 0 Å². The van der Waals surface area contributed by atoms with Crippen molar-refractivity contribution in [3.05, 3.63) is 70.8 Å². The molecule has 80 valence electrons. The van der Waals surface area contributed by atoms with E-state index in [0.717, 1.165) is 19.5 Å².